The Hall–Kier alpha value is -6.09. The van der Waals surface area contributed by atoms with E-state index in [-0.39, 0.29) is 56.3 Å². The maximum absolute atomic E-state index is 13.4. The Balaban J connectivity index is 1.28. The Labute approximate surface area is 402 Å². The number of carbonyl (C=O) groups excluding carboxylic acids is 6. The monoisotopic (exact) mass is 941 g/mol. The van der Waals surface area contributed by atoms with Crippen LogP contribution in [0.4, 0.5) is 0 Å². The number of amides is 6. The molecule has 68 heavy (non-hydrogen) atoms. The van der Waals surface area contributed by atoms with Gasteiger partial charge in [-0.25, -0.2) is 4.79 Å². The van der Waals surface area contributed by atoms with Crippen LogP contribution in [0.2, 0.25) is 0 Å². The van der Waals surface area contributed by atoms with E-state index in [1.54, 1.807) is 0 Å². The Morgan fingerprint density at radius 2 is 0.809 bits per heavy atom. The number of nitrogens with two attached hydrogens (primary N) is 1. The van der Waals surface area contributed by atoms with Crippen molar-refractivity contribution in [3.63, 3.8) is 0 Å². The number of aliphatic hydroxyl groups excluding tert-OH is 1. The molecule has 9 N–H and O–H groups in total. The lowest BCUT2D eigenvalue weighted by atomic mass is 10.0. The summed E-state index contributed by atoms with van der Waals surface area (Å²) in [5.41, 5.74) is 8.04. The lowest BCUT2D eigenvalue weighted by Gasteiger charge is -2.26. The van der Waals surface area contributed by atoms with Crippen LogP contribution in [-0.4, -0.2) is 87.9 Å². The van der Waals surface area contributed by atoms with E-state index in [1.165, 1.54) is 6.92 Å². The van der Waals surface area contributed by atoms with Crippen LogP contribution in [0.3, 0.4) is 0 Å². The molecule has 0 aromatic heterocycles. The minimum atomic E-state index is -1.27. The molecule has 3 aromatic rings. The maximum atomic E-state index is 13.4. The Kier molecular flexibility index (Phi) is 26.3. The Bertz CT molecular complexity index is 1980. The molecular weight excluding hydrogens is 865 g/mol. The summed E-state index contributed by atoms with van der Waals surface area (Å²) in [5, 5.41) is 33.7. The first-order valence-electron chi connectivity index (χ1n) is 24.4. The highest BCUT2D eigenvalue weighted by atomic mass is 16.4. The van der Waals surface area contributed by atoms with Crippen LogP contribution in [0.25, 0.3) is 0 Å². The normalized spacial score (nSPS) is 13.8. The van der Waals surface area contributed by atoms with Crippen LogP contribution in [0, 0.1) is 5.92 Å². The van der Waals surface area contributed by atoms with Gasteiger partial charge in [0, 0.05) is 32.1 Å². The average molecular weight is 941 g/mol. The zero-order valence-electron chi connectivity index (χ0n) is 40.3. The molecule has 0 aliphatic carbocycles. The summed E-state index contributed by atoms with van der Waals surface area (Å²) in [6.45, 7) is 5.18. The third kappa shape index (κ3) is 23.1. The molecule has 0 spiro atoms. The van der Waals surface area contributed by atoms with Crippen molar-refractivity contribution in [3.8, 4) is 0 Å². The molecule has 15 nitrogen and oxygen atoms in total. The molecule has 6 atom stereocenters. The molecule has 3 rings (SSSR count). The minimum absolute atomic E-state index is 0.00226. The number of primary amides is 1. The first-order chi connectivity index (χ1) is 32.6. The third-order valence-electron chi connectivity index (χ3n) is 11.8. The molecule has 0 aliphatic rings. The number of carbonyl (C=O) groups is 7. The molecule has 0 bridgehead atoms. The summed E-state index contributed by atoms with van der Waals surface area (Å²) in [5.74, 6) is -4.27. The molecule has 0 saturated heterocycles. The van der Waals surface area contributed by atoms with Crippen molar-refractivity contribution in [1.29, 1.82) is 0 Å². The van der Waals surface area contributed by atoms with E-state index >= 15 is 0 Å². The number of benzene rings is 3. The first-order valence-corrected chi connectivity index (χ1v) is 24.4. The Morgan fingerprint density at radius 1 is 0.456 bits per heavy atom. The predicted octanol–water partition coefficient (Wildman–Crippen LogP) is 5.60. The van der Waals surface area contributed by atoms with Crippen LogP contribution in [0.1, 0.15) is 134 Å². The molecular formula is C53H76N6O9. The number of nitrogens with one attached hydrogen (secondary N) is 5. The number of aliphatic carboxylic acids is 1. The van der Waals surface area contributed by atoms with Gasteiger partial charge in [-0.1, -0.05) is 169 Å². The molecule has 0 radical (unpaired) electrons. The standard InChI is InChI=1S/C53H76N6O9/c1-37(2)33-43(50(64)56-42(49(54)63)34-39-25-17-14-18-26-39)57-52(66)48(38(3)60)59-47(62)32-24-13-11-9-7-5-4-6-8-10-12-23-31-46(61)55-44(35-40-27-19-15-20-28-40)51(65)58-45(53(67)68)36-41-29-21-16-22-30-41/h14-22,25-30,37-38,42-45,48,60H,4-13,23-24,31-36H2,1-3H3,(H2,54,63)(H,55,61)(H,56,64)(H,57,66)(H,58,65)(H,59,62)(H,67,68)/t38?,42-,43-,44-,45-,48-/m0/s1. The molecule has 1 unspecified atom stereocenters. The molecule has 372 valence electrons. The van der Waals surface area contributed by atoms with Gasteiger partial charge < -0.3 is 42.5 Å². The third-order valence-corrected chi connectivity index (χ3v) is 11.8. The van der Waals surface area contributed by atoms with Gasteiger partial charge >= 0.3 is 5.97 Å². The van der Waals surface area contributed by atoms with E-state index in [4.69, 9.17) is 5.73 Å². The van der Waals surface area contributed by atoms with E-state index in [2.05, 4.69) is 26.6 Å². The molecule has 0 fully saturated rings. The van der Waals surface area contributed by atoms with E-state index < -0.39 is 65.9 Å². The van der Waals surface area contributed by atoms with Crippen molar-refractivity contribution in [2.75, 3.05) is 0 Å². The Morgan fingerprint density at radius 3 is 1.21 bits per heavy atom. The zero-order chi connectivity index (χ0) is 49.7. The van der Waals surface area contributed by atoms with Crippen LogP contribution < -0.4 is 32.3 Å². The van der Waals surface area contributed by atoms with Gasteiger partial charge in [-0.3, -0.25) is 28.8 Å². The van der Waals surface area contributed by atoms with Crippen molar-refractivity contribution in [2.45, 2.75) is 173 Å². The minimum Gasteiger partial charge on any atom is -0.480 e. The lowest BCUT2D eigenvalue weighted by molar-refractivity contribution is -0.142. The maximum Gasteiger partial charge on any atom is 0.326 e. The molecule has 6 amide bonds. The topological polar surface area (TPSA) is 246 Å². The second-order valence-electron chi connectivity index (χ2n) is 18.3. The van der Waals surface area contributed by atoms with Gasteiger partial charge in [-0.15, -0.1) is 0 Å². The second-order valence-corrected chi connectivity index (χ2v) is 18.3. The van der Waals surface area contributed by atoms with E-state index in [0.717, 1.165) is 80.9 Å². The number of aliphatic hydroxyl groups is 1. The van der Waals surface area contributed by atoms with E-state index in [9.17, 15) is 43.8 Å². The number of unbranched alkanes of at least 4 members (excludes halogenated alkanes) is 11. The number of carboxylic acids is 1. The van der Waals surface area contributed by atoms with Gasteiger partial charge in [-0.2, -0.15) is 0 Å². The molecule has 15 heteroatoms. The van der Waals surface area contributed by atoms with Gasteiger partial charge in [0.05, 0.1) is 6.10 Å². The number of carboxylic acid groups (broad SMARTS) is 1. The summed E-state index contributed by atoms with van der Waals surface area (Å²) >= 11 is 0. The largest absolute Gasteiger partial charge is 0.480 e. The number of hydrogen-bond donors (Lipinski definition) is 8. The molecule has 0 saturated carbocycles. The van der Waals surface area contributed by atoms with Crippen LogP contribution >= 0.6 is 0 Å². The molecule has 0 heterocycles. The number of hydrogen-bond acceptors (Lipinski definition) is 8. The van der Waals surface area contributed by atoms with Gasteiger partial charge in [0.2, 0.25) is 35.4 Å². The second kappa shape index (κ2) is 31.8. The first kappa shape index (κ1) is 56.2. The number of rotatable bonds is 34. The SMILES string of the molecule is CC(C)C[C@H](NC(=O)[C@@H](NC(=O)CCCCCCCCCCCCCCC(=O)N[C@@H](Cc1ccccc1)C(=O)N[C@@H](Cc1ccccc1)C(=O)O)C(C)O)C(=O)N[C@@H](Cc1ccccc1)C(N)=O. The summed E-state index contributed by atoms with van der Waals surface area (Å²) in [6.07, 6.45) is 11.6. The van der Waals surface area contributed by atoms with E-state index in [1.807, 2.05) is 105 Å². The molecule has 0 aliphatic heterocycles. The van der Waals surface area contributed by atoms with E-state index in [0.29, 0.717) is 12.8 Å². The fourth-order valence-corrected chi connectivity index (χ4v) is 7.95. The summed E-state index contributed by atoms with van der Waals surface area (Å²) in [7, 11) is 0. The van der Waals surface area contributed by atoms with Crippen molar-refractivity contribution >= 4 is 41.4 Å². The summed E-state index contributed by atoms with van der Waals surface area (Å²) in [6, 6.07) is 22.2. The smallest absolute Gasteiger partial charge is 0.326 e. The molecule has 3 aromatic carbocycles. The van der Waals surface area contributed by atoms with Gasteiger partial charge in [-0.05, 0) is 48.8 Å². The quantitative estimate of drug-likeness (QED) is 0.0347. The average Bonchev–Trinajstić information content (AvgIpc) is 3.30. The fraction of sp³-hybridized carbons (Fsp3) is 0.528. The van der Waals surface area contributed by atoms with Gasteiger partial charge in [0.1, 0.15) is 30.2 Å². The van der Waals surface area contributed by atoms with Gasteiger partial charge in [0.25, 0.3) is 0 Å². The zero-order valence-corrected chi connectivity index (χ0v) is 40.3. The van der Waals surface area contributed by atoms with Crippen molar-refractivity contribution in [1.82, 2.24) is 26.6 Å². The highest BCUT2D eigenvalue weighted by Crippen LogP contribution is 2.15. The summed E-state index contributed by atoms with van der Waals surface area (Å²) < 4.78 is 0. The summed E-state index contributed by atoms with van der Waals surface area (Å²) in [4.78, 5) is 90.0. The van der Waals surface area contributed by atoms with Crippen molar-refractivity contribution in [3.05, 3.63) is 108 Å². The van der Waals surface area contributed by atoms with Crippen molar-refractivity contribution < 1.29 is 43.8 Å². The van der Waals surface area contributed by atoms with Crippen LogP contribution in [0.5, 0.6) is 0 Å². The van der Waals surface area contributed by atoms with Crippen molar-refractivity contribution in [2.24, 2.45) is 11.7 Å². The van der Waals surface area contributed by atoms with Crippen LogP contribution in [0.15, 0.2) is 91.0 Å². The highest BCUT2D eigenvalue weighted by Gasteiger charge is 2.32. The predicted molar refractivity (Wildman–Crippen MR) is 263 cm³/mol. The van der Waals surface area contributed by atoms with Gasteiger partial charge in [0.15, 0.2) is 0 Å². The van der Waals surface area contributed by atoms with Crippen LogP contribution in [-0.2, 0) is 52.8 Å². The fourth-order valence-electron chi connectivity index (χ4n) is 7.95. The highest BCUT2D eigenvalue weighted by molar-refractivity contribution is 5.94. The lowest BCUT2D eigenvalue weighted by Crippen LogP contribution is -2.59.